The van der Waals surface area contributed by atoms with E-state index in [9.17, 15) is 0 Å². The van der Waals surface area contributed by atoms with Crippen molar-refractivity contribution in [2.45, 2.75) is 58.2 Å². The second-order valence-corrected chi connectivity index (χ2v) is 15.1. The predicted octanol–water partition coefficient (Wildman–Crippen LogP) is 3.94. The molecule has 2 saturated heterocycles. The van der Waals surface area contributed by atoms with Crippen LogP contribution >= 0.6 is 0 Å². The molecule has 0 bridgehead atoms. The lowest BCUT2D eigenvalue weighted by molar-refractivity contribution is 0.0898. The minimum absolute atomic E-state index is 0.597. The summed E-state index contributed by atoms with van der Waals surface area (Å²) in [6.07, 6.45) is 4.63. The molecule has 2 fully saturated rings. The fourth-order valence-electron chi connectivity index (χ4n) is 4.39. The third kappa shape index (κ3) is 4.23. The molecule has 0 amide bonds. The van der Waals surface area contributed by atoms with Gasteiger partial charge in [-0.25, -0.2) is 4.98 Å². The Bertz CT molecular complexity index is 797. The van der Waals surface area contributed by atoms with E-state index < -0.39 is 8.07 Å². The van der Waals surface area contributed by atoms with E-state index in [4.69, 9.17) is 4.74 Å². The number of rotatable bonds is 6. The van der Waals surface area contributed by atoms with Gasteiger partial charge in [-0.2, -0.15) is 0 Å². The first-order valence-corrected chi connectivity index (χ1v) is 14.1. The Kier molecular flexibility index (Phi) is 5.31. The van der Waals surface area contributed by atoms with Gasteiger partial charge in [-0.05, 0) is 50.1 Å². The normalized spacial score (nSPS) is 21.2. The van der Waals surface area contributed by atoms with Crippen molar-refractivity contribution < 1.29 is 4.74 Å². The van der Waals surface area contributed by atoms with Crippen molar-refractivity contribution in [2.75, 3.05) is 37.7 Å². The molecule has 0 radical (unpaired) electrons. The van der Waals surface area contributed by atoms with Gasteiger partial charge in [-0.1, -0.05) is 19.6 Å². The molecule has 148 valence electrons. The number of nitrogens with zero attached hydrogens (tertiary/aromatic N) is 4. The Morgan fingerprint density at radius 1 is 1.19 bits per heavy atom. The molecule has 5 nitrogen and oxygen atoms in total. The highest BCUT2D eigenvalue weighted by Crippen LogP contribution is 2.30. The van der Waals surface area contributed by atoms with Crippen molar-refractivity contribution in [1.82, 2.24) is 14.5 Å². The van der Waals surface area contributed by atoms with Crippen molar-refractivity contribution in [3.8, 4) is 0 Å². The summed E-state index contributed by atoms with van der Waals surface area (Å²) in [6.45, 7) is 15.6. The van der Waals surface area contributed by atoms with Gasteiger partial charge in [0.2, 0.25) is 0 Å². The Balaban J connectivity index is 1.49. The first kappa shape index (κ1) is 19.0. The van der Waals surface area contributed by atoms with Crippen LogP contribution in [0.15, 0.2) is 18.5 Å². The third-order valence-corrected chi connectivity index (χ3v) is 7.80. The Labute approximate surface area is 164 Å². The second kappa shape index (κ2) is 7.57. The molecular weight excluding hydrogens is 352 g/mol. The first-order chi connectivity index (χ1) is 12.9. The summed E-state index contributed by atoms with van der Waals surface area (Å²) in [4.78, 5) is 9.87. The van der Waals surface area contributed by atoms with Crippen molar-refractivity contribution in [1.29, 1.82) is 0 Å². The van der Waals surface area contributed by atoms with E-state index in [1.54, 1.807) is 0 Å². The number of piperazine rings is 1. The number of aromatic nitrogens is 2. The number of hydrogen-bond donors (Lipinski definition) is 0. The maximum atomic E-state index is 5.97. The average molecular weight is 387 g/mol. The van der Waals surface area contributed by atoms with Crippen molar-refractivity contribution in [3.05, 3.63) is 24.0 Å². The molecule has 6 heteroatoms. The van der Waals surface area contributed by atoms with Gasteiger partial charge >= 0.3 is 0 Å². The molecule has 0 saturated carbocycles. The molecule has 1 aromatic heterocycles. The number of imidazole rings is 1. The largest absolute Gasteiger partial charge is 0.368 e. The van der Waals surface area contributed by atoms with Gasteiger partial charge in [0.25, 0.3) is 0 Å². The van der Waals surface area contributed by atoms with Crippen molar-refractivity contribution >= 4 is 24.8 Å². The molecule has 0 spiro atoms. The van der Waals surface area contributed by atoms with Crippen LogP contribution in [0.2, 0.25) is 25.7 Å². The standard InChI is InChI=1S/C21H34N4OSi/c1-17-12-19-21(25(15-22-19)16-26-10-11-27(2,3)4)13-20(17)24-9-8-23-7-5-6-18(23)14-24/h12-13,15,18H,5-11,14,16H2,1-4H3/t18-/m0/s1. The highest BCUT2D eigenvalue weighted by molar-refractivity contribution is 6.76. The van der Waals surface area contributed by atoms with Gasteiger partial charge in [-0.3, -0.25) is 4.90 Å². The molecule has 1 aromatic carbocycles. The smallest absolute Gasteiger partial charge is 0.124 e. The van der Waals surface area contributed by atoms with Crippen LogP contribution in [-0.2, 0) is 11.5 Å². The highest BCUT2D eigenvalue weighted by Gasteiger charge is 2.31. The lowest BCUT2D eigenvalue weighted by Crippen LogP contribution is -2.50. The Morgan fingerprint density at radius 2 is 2.04 bits per heavy atom. The SMILES string of the molecule is Cc1cc2ncn(COCC[Si](C)(C)C)c2cc1N1CCN2CCC[C@H]2C1. The number of fused-ring (bicyclic) bond motifs is 2. The van der Waals surface area contributed by atoms with Gasteiger partial charge in [-0.15, -0.1) is 0 Å². The number of anilines is 1. The Morgan fingerprint density at radius 3 is 2.85 bits per heavy atom. The molecule has 27 heavy (non-hydrogen) atoms. The molecule has 2 aliphatic rings. The fraction of sp³-hybridized carbons (Fsp3) is 0.667. The molecular formula is C21H34N4OSi. The summed E-state index contributed by atoms with van der Waals surface area (Å²) >= 11 is 0. The molecule has 3 heterocycles. The fourth-order valence-corrected chi connectivity index (χ4v) is 5.15. The summed E-state index contributed by atoms with van der Waals surface area (Å²) in [5.41, 5.74) is 4.97. The molecule has 0 aliphatic carbocycles. The van der Waals surface area contributed by atoms with Gasteiger partial charge in [0.05, 0.1) is 17.4 Å². The quantitative estimate of drug-likeness (QED) is 0.556. The number of ether oxygens (including phenoxy) is 1. The molecule has 0 N–H and O–H groups in total. The van der Waals surface area contributed by atoms with Gasteiger partial charge in [0, 0.05) is 46.0 Å². The molecule has 2 aromatic rings. The predicted molar refractivity (Wildman–Crippen MR) is 115 cm³/mol. The molecule has 2 aliphatic heterocycles. The van der Waals surface area contributed by atoms with E-state index in [0.717, 1.165) is 31.3 Å². The summed E-state index contributed by atoms with van der Waals surface area (Å²) in [7, 11) is -1.04. The van der Waals surface area contributed by atoms with E-state index >= 15 is 0 Å². The summed E-state index contributed by atoms with van der Waals surface area (Å²) in [6, 6.07) is 6.52. The van der Waals surface area contributed by atoms with E-state index in [0.29, 0.717) is 6.73 Å². The van der Waals surface area contributed by atoms with Crippen LogP contribution in [0.25, 0.3) is 11.0 Å². The number of aryl methyl sites for hydroxylation is 1. The average Bonchev–Trinajstić information content (AvgIpc) is 3.23. The van der Waals surface area contributed by atoms with E-state index in [-0.39, 0.29) is 0 Å². The van der Waals surface area contributed by atoms with Gasteiger partial charge in [0.1, 0.15) is 6.73 Å². The van der Waals surface area contributed by atoms with Gasteiger partial charge < -0.3 is 14.2 Å². The maximum absolute atomic E-state index is 5.97. The Hall–Kier alpha value is -1.37. The summed E-state index contributed by atoms with van der Waals surface area (Å²) in [5.74, 6) is 0. The zero-order valence-electron chi connectivity index (χ0n) is 17.4. The zero-order valence-corrected chi connectivity index (χ0v) is 18.4. The van der Waals surface area contributed by atoms with Crippen LogP contribution < -0.4 is 4.90 Å². The topological polar surface area (TPSA) is 33.5 Å². The van der Waals surface area contributed by atoms with Gasteiger partial charge in [0.15, 0.2) is 0 Å². The lowest BCUT2D eigenvalue weighted by atomic mass is 10.1. The van der Waals surface area contributed by atoms with Crippen LogP contribution in [0.3, 0.4) is 0 Å². The van der Waals surface area contributed by atoms with Crippen molar-refractivity contribution in [2.24, 2.45) is 0 Å². The number of benzene rings is 1. The summed E-state index contributed by atoms with van der Waals surface area (Å²) in [5, 5.41) is 0. The van der Waals surface area contributed by atoms with Crippen LogP contribution in [0.1, 0.15) is 18.4 Å². The molecule has 0 unspecified atom stereocenters. The third-order valence-electron chi connectivity index (χ3n) is 6.09. The molecule has 4 rings (SSSR count). The lowest BCUT2D eigenvalue weighted by Gasteiger charge is -2.39. The number of hydrogen-bond acceptors (Lipinski definition) is 4. The van der Waals surface area contributed by atoms with Crippen LogP contribution in [0.4, 0.5) is 5.69 Å². The van der Waals surface area contributed by atoms with E-state index in [1.807, 2.05) is 6.33 Å². The minimum atomic E-state index is -1.04. The first-order valence-electron chi connectivity index (χ1n) is 10.4. The summed E-state index contributed by atoms with van der Waals surface area (Å²) < 4.78 is 8.13. The van der Waals surface area contributed by atoms with Crippen LogP contribution in [0.5, 0.6) is 0 Å². The van der Waals surface area contributed by atoms with E-state index in [2.05, 4.69) is 58.0 Å². The highest BCUT2D eigenvalue weighted by atomic mass is 28.3. The van der Waals surface area contributed by atoms with Crippen LogP contribution in [0, 0.1) is 6.92 Å². The van der Waals surface area contributed by atoms with Crippen LogP contribution in [-0.4, -0.2) is 61.4 Å². The van der Waals surface area contributed by atoms with E-state index in [1.165, 1.54) is 48.7 Å². The second-order valence-electron chi connectivity index (χ2n) is 9.47. The maximum Gasteiger partial charge on any atom is 0.124 e. The minimum Gasteiger partial charge on any atom is -0.368 e. The molecule has 1 atom stereocenters. The zero-order chi connectivity index (χ0) is 19.0. The monoisotopic (exact) mass is 386 g/mol. The van der Waals surface area contributed by atoms with Crippen molar-refractivity contribution in [3.63, 3.8) is 0 Å².